The van der Waals surface area contributed by atoms with E-state index in [4.69, 9.17) is 4.74 Å². The fourth-order valence-electron chi connectivity index (χ4n) is 2.55. The van der Waals surface area contributed by atoms with Gasteiger partial charge >= 0.3 is 6.18 Å². The molecule has 6 heteroatoms. The van der Waals surface area contributed by atoms with E-state index in [0.29, 0.717) is 17.1 Å². The largest absolute Gasteiger partial charge is 0.491 e. The molecule has 2 nitrogen and oxygen atoms in total. The van der Waals surface area contributed by atoms with Crippen molar-refractivity contribution in [2.24, 2.45) is 0 Å². The van der Waals surface area contributed by atoms with Gasteiger partial charge in [-0.1, -0.05) is 6.42 Å². The molecular formula is C15H19BrF3NO. The van der Waals surface area contributed by atoms with Crippen molar-refractivity contribution in [3.63, 3.8) is 0 Å². The Kier molecular flexibility index (Phi) is 5.54. The van der Waals surface area contributed by atoms with Gasteiger partial charge in [-0.2, -0.15) is 13.2 Å². The van der Waals surface area contributed by atoms with Crippen LogP contribution in [0.15, 0.2) is 22.7 Å². The molecule has 1 aliphatic rings. The van der Waals surface area contributed by atoms with Gasteiger partial charge < -0.3 is 4.74 Å². The van der Waals surface area contributed by atoms with E-state index in [-0.39, 0.29) is 5.75 Å². The van der Waals surface area contributed by atoms with Crippen LogP contribution in [0, 0.1) is 0 Å². The van der Waals surface area contributed by atoms with Gasteiger partial charge in [0.1, 0.15) is 12.4 Å². The highest BCUT2D eigenvalue weighted by atomic mass is 79.9. The van der Waals surface area contributed by atoms with Crippen molar-refractivity contribution < 1.29 is 17.9 Å². The minimum Gasteiger partial charge on any atom is -0.491 e. The number of alkyl halides is 3. The van der Waals surface area contributed by atoms with Crippen LogP contribution >= 0.6 is 15.9 Å². The van der Waals surface area contributed by atoms with Gasteiger partial charge in [0.25, 0.3) is 0 Å². The van der Waals surface area contributed by atoms with Crippen molar-refractivity contribution in [3.05, 3.63) is 28.2 Å². The van der Waals surface area contributed by atoms with Crippen LogP contribution in [0.25, 0.3) is 0 Å². The first-order chi connectivity index (χ1) is 9.88. The van der Waals surface area contributed by atoms with Gasteiger partial charge in [-0.05, 0) is 60.4 Å². The van der Waals surface area contributed by atoms with Crippen molar-refractivity contribution >= 4 is 15.9 Å². The first kappa shape index (κ1) is 16.6. The fourth-order valence-corrected chi connectivity index (χ4v) is 2.91. The molecule has 0 spiro atoms. The zero-order valence-electron chi connectivity index (χ0n) is 11.9. The minimum atomic E-state index is -4.35. The number of halogens is 4. The third kappa shape index (κ3) is 4.61. The molecular weight excluding hydrogens is 347 g/mol. The smallest absolute Gasteiger partial charge is 0.416 e. The molecule has 1 aromatic carbocycles. The molecule has 0 radical (unpaired) electrons. The topological polar surface area (TPSA) is 12.5 Å². The number of benzene rings is 1. The molecule has 1 atom stereocenters. The molecule has 1 aromatic rings. The maximum absolute atomic E-state index is 12.7. The molecule has 0 amide bonds. The quantitative estimate of drug-likeness (QED) is 0.765. The molecule has 0 N–H and O–H groups in total. The van der Waals surface area contributed by atoms with E-state index in [1.165, 1.54) is 25.3 Å². The van der Waals surface area contributed by atoms with Crippen LogP contribution in [-0.4, -0.2) is 30.6 Å². The standard InChI is InChI=1S/C15H19BrF3NO/c1-11-4-2-3-7-20(11)8-9-21-14-10-12(15(17,18)19)5-6-13(14)16/h5-6,10-11H,2-4,7-9H2,1H3. The van der Waals surface area contributed by atoms with Crippen LogP contribution in [0.2, 0.25) is 0 Å². The molecule has 1 aliphatic heterocycles. The number of piperidine rings is 1. The first-order valence-electron chi connectivity index (χ1n) is 7.11. The zero-order chi connectivity index (χ0) is 15.5. The van der Waals surface area contributed by atoms with Crippen molar-refractivity contribution in [3.8, 4) is 5.75 Å². The van der Waals surface area contributed by atoms with Crippen LogP contribution in [0.5, 0.6) is 5.75 Å². The highest BCUT2D eigenvalue weighted by Gasteiger charge is 2.31. The summed E-state index contributed by atoms with van der Waals surface area (Å²) < 4.78 is 44.1. The predicted octanol–water partition coefficient (Wildman–Crippen LogP) is 4.72. The second kappa shape index (κ2) is 7.01. The Morgan fingerprint density at radius 2 is 2.10 bits per heavy atom. The fraction of sp³-hybridized carbons (Fsp3) is 0.600. The third-order valence-corrected chi connectivity index (χ3v) is 4.49. The van der Waals surface area contributed by atoms with E-state index in [1.54, 1.807) is 0 Å². The van der Waals surface area contributed by atoms with Crippen LogP contribution in [-0.2, 0) is 6.18 Å². The summed E-state index contributed by atoms with van der Waals surface area (Å²) in [6.45, 7) is 4.35. The van der Waals surface area contributed by atoms with Crippen molar-refractivity contribution in [2.45, 2.75) is 38.4 Å². The second-order valence-corrected chi connectivity index (χ2v) is 6.23. The van der Waals surface area contributed by atoms with Gasteiger partial charge in [-0.15, -0.1) is 0 Å². The Morgan fingerprint density at radius 3 is 2.76 bits per heavy atom. The maximum Gasteiger partial charge on any atom is 0.416 e. The van der Waals surface area contributed by atoms with E-state index in [1.807, 2.05) is 0 Å². The van der Waals surface area contributed by atoms with Gasteiger partial charge in [-0.3, -0.25) is 4.90 Å². The summed E-state index contributed by atoms with van der Waals surface area (Å²) in [5.41, 5.74) is -0.688. The van der Waals surface area contributed by atoms with Crippen molar-refractivity contribution in [1.82, 2.24) is 4.90 Å². The lowest BCUT2D eigenvalue weighted by Gasteiger charge is -2.33. The number of nitrogens with zero attached hydrogens (tertiary/aromatic N) is 1. The molecule has 1 fully saturated rings. The number of rotatable bonds is 4. The Morgan fingerprint density at radius 1 is 1.33 bits per heavy atom. The lowest BCUT2D eigenvalue weighted by Crippen LogP contribution is -2.39. The lowest BCUT2D eigenvalue weighted by molar-refractivity contribution is -0.137. The molecule has 1 unspecified atom stereocenters. The minimum absolute atomic E-state index is 0.245. The SMILES string of the molecule is CC1CCCCN1CCOc1cc(C(F)(F)F)ccc1Br. The average molecular weight is 366 g/mol. The molecule has 21 heavy (non-hydrogen) atoms. The second-order valence-electron chi connectivity index (χ2n) is 5.37. The first-order valence-corrected chi connectivity index (χ1v) is 7.91. The van der Waals surface area contributed by atoms with E-state index in [0.717, 1.165) is 25.2 Å². The van der Waals surface area contributed by atoms with E-state index < -0.39 is 11.7 Å². The highest BCUT2D eigenvalue weighted by Crippen LogP contribution is 2.35. The number of hydrogen-bond donors (Lipinski definition) is 0. The monoisotopic (exact) mass is 365 g/mol. The summed E-state index contributed by atoms with van der Waals surface area (Å²) in [7, 11) is 0. The van der Waals surface area contributed by atoms with Gasteiger partial charge in [0, 0.05) is 12.6 Å². The normalized spacial score (nSPS) is 20.5. The molecule has 118 valence electrons. The van der Waals surface area contributed by atoms with E-state index in [2.05, 4.69) is 27.8 Å². The van der Waals surface area contributed by atoms with Crippen LogP contribution in [0.1, 0.15) is 31.7 Å². The molecule has 0 bridgehead atoms. The molecule has 1 saturated heterocycles. The van der Waals surface area contributed by atoms with Crippen LogP contribution in [0.3, 0.4) is 0 Å². The molecule has 0 saturated carbocycles. The van der Waals surface area contributed by atoms with Gasteiger partial charge in [0.05, 0.1) is 10.0 Å². The predicted molar refractivity (Wildman–Crippen MR) is 79.5 cm³/mol. The van der Waals surface area contributed by atoms with Crippen LogP contribution in [0.4, 0.5) is 13.2 Å². The van der Waals surface area contributed by atoms with Crippen LogP contribution < -0.4 is 4.74 Å². The Hall–Kier alpha value is -0.750. The summed E-state index contributed by atoms with van der Waals surface area (Å²) in [6, 6.07) is 3.99. The van der Waals surface area contributed by atoms with E-state index in [9.17, 15) is 13.2 Å². The maximum atomic E-state index is 12.7. The summed E-state index contributed by atoms with van der Waals surface area (Å²) >= 11 is 3.23. The van der Waals surface area contributed by atoms with Gasteiger partial charge in [0.2, 0.25) is 0 Å². The zero-order valence-corrected chi connectivity index (χ0v) is 13.5. The Balaban J connectivity index is 1.93. The summed E-state index contributed by atoms with van der Waals surface area (Å²) in [5, 5.41) is 0. The summed E-state index contributed by atoms with van der Waals surface area (Å²) in [5.74, 6) is 0.245. The number of ether oxygens (including phenoxy) is 1. The highest BCUT2D eigenvalue weighted by molar-refractivity contribution is 9.10. The van der Waals surface area contributed by atoms with Crippen molar-refractivity contribution in [1.29, 1.82) is 0 Å². The number of hydrogen-bond acceptors (Lipinski definition) is 2. The number of likely N-dealkylation sites (tertiary alicyclic amines) is 1. The average Bonchev–Trinajstić information content (AvgIpc) is 2.41. The summed E-state index contributed by atoms with van der Waals surface area (Å²) in [4.78, 5) is 2.32. The van der Waals surface area contributed by atoms with E-state index >= 15 is 0 Å². The van der Waals surface area contributed by atoms with Gasteiger partial charge in [-0.25, -0.2) is 0 Å². The third-order valence-electron chi connectivity index (χ3n) is 3.84. The molecule has 0 aliphatic carbocycles. The summed E-state index contributed by atoms with van der Waals surface area (Å²) in [6.07, 6.45) is -0.747. The van der Waals surface area contributed by atoms with Gasteiger partial charge in [0.15, 0.2) is 0 Å². The molecule has 0 aromatic heterocycles. The Bertz CT molecular complexity index is 478. The molecule has 2 rings (SSSR count). The Labute approximate surface area is 131 Å². The lowest BCUT2D eigenvalue weighted by atomic mass is 10.0. The molecule has 1 heterocycles. The van der Waals surface area contributed by atoms with Crippen molar-refractivity contribution in [2.75, 3.05) is 19.7 Å².